The van der Waals surface area contributed by atoms with Gasteiger partial charge in [0.05, 0.1) is 0 Å². The Hall–Kier alpha value is -0.890. The van der Waals surface area contributed by atoms with E-state index in [-0.39, 0.29) is 0 Å². The molecule has 2 heteroatoms. The molecule has 0 spiro atoms. The number of nitrogens with one attached hydrogen (secondary N) is 1. The molecule has 0 atom stereocenters. The van der Waals surface area contributed by atoms with Crippen LogP contribution in [0.3, 0.4) is 0 Å². The van der Waals surface area contributed by atoms with E-state index in [0.717, 1.165) is 19.0 Å². The molecule has 0 aliphatic rings. The second-order valence-corrected chi connectivity index (χ2v) is 5.58. The normalized spacial score (nSPS) is 11.1. The zero-order valence-electron chi connectivity index (χ0n) is 12.2. The lowest BCUT2D eigenvalue weighted by atomic mass is 10.0. The number of hydrogen-bond donors (Lipinski definition) is 1. The van der Waals surface area contributed by atoms with E-state index in [9.17, 15) is 0 Å². The minimum absolute atomic E-state index is 0.858. The van der Waals surface area contributed by atoms with E-state index in [1.165, 1.54) is 43.2 Å². The summed E-state index contributed by atoms with van der Waals surface area (Å²) in [6.07, 6.45) is 10.6. The van der Waals surface area contributed by atoms with Gasteiger partial charge in [0.1, 0.15) is 0 Å². The summed E-state index contributed by atoms with van der Waals surface area (Å²) in [5.41, 5.74) is 2.65. The number of rotatable bonds is 9. The topological polar surface area (TPSA) is 24.9 Å². The number of aryl methyl sites for hydroxylation is 1. The molecule has 1 heterocycles. The fraction of sp³-hybridized carbons (Fsp3) is 0.688. The van der Waals surface area contributed by atoms with Gasteiger partial charge in [-0.05, 0) is 43.0 Å². The van der Waals surface area contributed by atoms with Crippen LogP contribution in [0.4, 0.5) is 0 Å². The van der Waals surface area contributed by atoms with Crippen LogP contribution < -0.4 is 5.32 Å². The molecule has 0 aliphatic carbocycles. The molecular formula is C16H28N2. The Balaban J connectivity index is 1.98. The Bertz CT molecular complexity index is 321. The van der Waals surface area contributed by atoms with E-state index in [0.29, 0.717) is 0 Å². The van der Waals surface area contributed by atoms with Crippen molar-refractivity contribution in [3.8, 4) is 0 Å². The van der Waals surface area contributed by atoms with Crippen LogP contribution >= 0.6 is 0 Å². The quantitative estimate of drug-likeness (QED) is 0.666. The Morgan fingerprint density at radius 3 is 2.67 bits per heavy atom. The average Bonchev–Trinajstić information content (AvgIpc) is 2.34. The molecule has 0 aliphatic heterocycles. The molecule has 102 valence electrons. The second kappa shape index (κ2) is 9.09. The SMILES string of the molecule is Cc1ccncc1CNCCCCCCC(C)C. The van der Waals surface area contributed by atoms with Gasteiger partial charge >= 0.3 is 0 Å². The van der Waals surface area contributed by atoms with Crippen molar-refractivity contribution < 1.29 is 0 Å². The highest BCUT2D eigenvalue weighted by Gasteiger charge is 1.97. The maximum Gasteiger partial charge on any atom is 0.0315 e. The summed E-state index contributed by atoms with van der Waals surface area (Å²) in [5.74, 6) is 0.858. The summed E-state index contributed by atoms with van der Waals surface area (Å²) in [7, 11) is 0. The van der Waals surface area contributed by atoms with Crippen molar-refractivity contribution in [1.29, 1.82) is 0 Å². The summed E-state index contributed by atoms with van der Waals surface area (Å²) in [4.78, 5) is 4.16. The Labute approximate surface area is 112 Å². The van der Waals surface area contributed by atoms with Crippen molar-refractivity contribution in [2.75, 3.05) is 6.54 Å². The molecule has 2 nitrogen and oxygen atoms in total. The van der Waals surface area contributed by atoms with E-state index in [2.05, 4.69) is 37.1 Å². The standard InChI is InChI=1S/C16H28N2/c1-14(2)8-6-4-5-7-10-17-12-16-13-18-11-9-15(16)3/h9,11,13-14,17H,4-8,10,12H2,1-3H3. The van der Waals surface area contributed by atoms with Crippen LogP contribution in [0.5, 0.6) is 0 Å². The molecular weight excluding hydrogens is 220 g/mol. The zero-order valence-corrected chi connectivity index (χ0v) is 12.2. The first-order valence-corrected chi connectivity index (χ1v) is 7.30. The average molecular weight is 248 g/mol. The highest BCUT2D eigenvalue weighted by molar-refractivity contribution is 5.20. The lowest BCUT2D eigenvalue weighted by Gasteiger charge is -2.07. The van der Waals surface area contributed by atoms with Crippen molar-refractivity contribution in [3.63, 3.8) is 0 Å². The smallest absolute Gasteiger partial charge is 0.0315 e. The molecule has 0 radical (unpaired) electrons. The number of unbranched alkanes of at least 4 members (excludes halogenated alkanes) is 3. The second-order valence-electron chi connectivity index (χ2n) is 5.58. The first-order chi connectivity index (χ1) is 8.70. The Morgan fingerprint density at radius 2 is 1.94 bits per heavy atom. The lowest BCUT2D eigenvalue weighted by molar-refractivity contribution is 0.512. The molecule has 1 N–H and O–H groups in total. The molecule has 0 amide bonds. The van der Waals surface area contributed by atoms with Gasteiger partial charge < -0.3 is 5.32 Å². The predicted molar refractivity (Wildman–Crippen MR) is 78.6 cm³/mol. The fourth-order valence-electron chi connectivity index (χ4n) is 2.06. The van der Waals surface area contributed by atoms with Crippen molar-refractivity contribution in [1.82, 2.24) is 10.3 Å². The molecule has 18 heavy (non-hydrogen) atoms. The van der Waals surface area contributed by atoms with E-state index in [1.807, 2.05) is 12.4 Å². The molecule has 1 aromatic heterocycles. The van der Waals surface area contributed by atoms with Crippen LogP contribution in [0.25, 0.3) is 0 Å². The molecule has 0 fully saturated rings. The number of hydrogen-bond acceptors (Lipinski definition) is 2. The van der Waals surface area contributed by atoms with Gasteiger partial charge in [-0.1, -0.05) is 39.5 Å². The molecule has 0 aromatic carbocycles. The van der Waals surface area contributed by atoms with Gasteiger partial charge in [-0.25, -0.2) is 0 Å². The molecule has 1 rings (SSSR count). The lowest BCUT2D eigenvalue weighted by Crippen LogP contribution is -2.15. The van der Waals surface area contributed by atoms with Crippen molar-refractivity contribution in [2.45, 2.75) is 59.4 Å². The van der Waals surface area contributed by atoms with Crippen molar-refractivity contribution >= 4 is 0 Å². The van der Waals surface area contributed by atoms with E-state index >= 15 is 0 Å². The third-order valence-corrected chi connectivity index (χ3v) is 3.35. The van der Waals surface area contributed by atoms with E-state index < -0.39 is 0 Å². The minimum atomic E-state index is 0.858. The van der Waals surface area contributed by atoms with Crippen LogP contribution in [0.2, 0.25) is 0 Å². The largest absolute Gasteiger partial charge is 0.313 e. The third-order valence-electron chi connectivity index (χ3n) is 3.35. The van der Waals surface area contributed by atoms with Crippen LogP contribution in [0.1, 0.15) is 57.1 Å². The van der Waals surface area contributed by atoms with Crippen LogP contribution in [-0.2, 0) is 6.54 Å². The maximum absolute atomic E-state index is 4.16. The highest BCUT2D eigenvalue weighted by Crippen LogP contribution is 2.09. The summed E-state index contributed by atoms with van der Waals surface area (Å²) < 4.78 is 0. The van der Waals surface area contributed by atoms with E-state index in [4.69, 9.17) is 0 Å². The maximum atomic E-state index is 4.16. The summed E-state index contributed by atoms with van der Waals surface area (Å²) in [6, 6.07) is 2.07. The van der Waals surface area contributed by atoms with Crippen LogP contribution in [0, 0.1) is 12.8 Å². The zero-order chi connectivity index (χ0) is 13.2. The van der Waals surface area contributed by atoms with Gasteiger partial charge in [0.25, 0.3) is 0 Å². The Morgan fingerprint density at radius 1 is 1.17 bits per heavy atom. The van der Waals surface area contributed by atoms with E-state index in [1.54, 1.807) is 0 Å². The molecule has 0 saturated carbocycles. The highest BCUT2D eigenvalue weighted by atomic mass is 14.8. The molecule has 1 aromatic rings. The van der Waals surface area contributed by atoms with Gasteiger partial charge in [0, 0.05) is 18.9 Å². The first-order valence-electron chi connectivity index (χ1n) is 7.30. The van der Waals surface area contributed by atoms with Crippen LogP contribution in [-0.4, -0.2) is 11.5 Å². The monoisotopic (exact) mass is 248 g/mol. The minimum Gasteiger partial charge on any atom is -0.313 e. The summed E-state index contributed by atoms with van der Waals surface area (Å²) >= 11 is 0. The number of nitrogens with zero attached hydrogens (tertiary/aromatic N) is 1. The number of aromatic nitrogens is 1. The molecule has 0 saturated heterocycles. The van der Waals surface area contributed by atoms with Crippen molar-refractivity contribution in [3.05, 3.63) is 29.6 Å². The summed E-state index contributed by atoms with van der Waals surface area (Å²) in [6.45, 7) is 8.82. The molecule has 0 unspecified atom stereocenters. The van der Waals surface area contributed by atoms with Gasteiger partial charge in [0.2, 0.25) is 0 Å². The van der Waals surface area contributed by atoms with Crippen LogP contribution in [0.15, 0.2) is 18.5 Å². The number of pyridine rings is 1. The first kappa shape index (κ1) is 15.2. The van der Waals surface area contributed by atoms with Gasteiger partial charge in [-0.3, -0.25) is 4.98 Å². The Kier molecular flexibility index (Phi) is 7.66. The van der Waals surface area contributed by atoms with Gasteiger partial charge in [0.15, 0.2) is 0 Å². The predicted octanol–water partition coefficient (Wildman–Crippen LogP) is 4.09. The van der Waals surface area contributed by atoms with Crippen molar-refractivity contribution in [2.24, 2.45) is 5.92 Å². The summed E-state index contributed by atoms with van der Waals surface area (Å²) in [5, 5.41) is 3.50. The fourth-order valence-corrected chi connectivity index (χ4v) is 2.06. The van der Waals surface area contributed by atoms with Gasteiger partial charge in [-0.2, -0.15) is 0 Å². The van der Waals surface area contributed by atoms with Gasteiger partial charge in [-0.15, -0.1) is 0 Å². The molecule has 0 bridgehead atoms. The third kappa shape index (κ3) is 6.75.